The maximum Gasteiger partial charge on any atom is 0.347 e. The van der Waals surface area contributed by atoms with E-state index in [1.807, 2.05) is 0 Å². The average Bonchev–Trinajstić information content (AvgIpc) is 3.06. The minimum Gasteiger partial charge on any atom is -0.496 e. The third kappa shape index (κ3) is 3.90. The maximum absolute atomic E-state index is 14.1. The van der Waals surface area contributed by atoms with E-state index in [4.69, 9.17) is 25.8 Å². The van der Waals surface area contributed by atoms with Crippen LogP contribution in [0.2, 0.25) is 5.02 Å². The lowest BCUT2D eigenvalue weighted by molar-refractivity contribution is 0.0731. The fourth-order valence-electron chi connectivity index (χ4n) is 3.29. The number of Topliss-reactive ketones (excluding diaryl/α,β-unsaturated/α-hetero) is 1. The lowest BCUT2D eigenvalue weighted by Gasteiger charge is -2.10. The normalized spacial score (nSPS) is 13.7. The summed E-state index contributed by atoms with van der Waals surface area (Å²) in [6, 6.07) is 13.9. The molecule has 4 rings (SSSR count). The summed E-state index contributed by atoms with van der Waals surface area (Å²) in [6.07, 6.45) is 1.26. The number of hydrogen-bond donors (Lipinski definition) is 0. The van der Waals surface area contributed by atoms with Gasteiger partial charge in [0.2, 0.25) is 5.78 Å². The largest absolute Gasteiger partial charge is 0.496 e. The monoisotopic (exact) mass is 438 g/mol. The molecule has 0 N–H and O–H groups in total. The zero-order valence-electron chi connectivity index (χ0n) is 16.6. The van der Waals surface area contributed by atoms with Crippen molar-refractivity contribution in [1.82, 2.24) is 0 Å². The highest BCUT2D eigenvalue weighted by Gasteiger charge is 2.31. The van der Waals surface area contributed by atoms with Crippen LogP contribution in [0.4, 0.5) is 4.39 Å². The van der Waals surface area contributed by atoms with E-state index in [1.165, 1.54) is 37.5 Å². The minimum absolute atomic E-state index is 0.0563. The van der Waals surface area contributed by atoms with Gasteiger partial charge in [-0.2, -0.15) is 0 Å². The smallest absolute Gasteiger partial charge is 0.347 e. The van der Waals surface area contributed by atoms with Gasteiger partial charge in [0.1, 0.15) is 28.6 Å². The maximum atomic E-state index is 14.1. The van der Waals surface area contributed by atoms with Crippen LogP contribution in [-0.2, 0) is 0 Å². The van der Waals surface area contributed by atoms with Crippen molar-refractivity contribution in [1.29, 1.82) is 0 Å². The summed E-state index contributed by atoms with van der Waals surface area (Å²) in [5.41, 5.74) is 1.18. The van der Waals surface area contributed by atoms with Crippen LogP contribution in [0, 0.1) is 12.7 Å². The molecule has 0 unspecified atom stereocenters. The van der Waals surface area contributed by atoms with Gasteiger partial charge in [0, 0.05) is 11.6 Å². The summed E-state index contributed by atoms with van der Waals surface area (Å²) < 4.78 is 30.4. The minimum atomic E-state index is -0.616. The molecule has 156 valence electrons. The van der Waals surface area contributed by atoms with Gasteiger partial charge in [-0.3, -0.25) is 4.79 Å². The van der Waals surface area contributed by atoms with Gasteiger partial charge in [-0.05, 0) is 48.9 Å². The second-order valence-corrected chi connectivity index (χ2v) is 7.19. The molecule has 0 bridgehead atoms. The molecule has 0 saturated carbocycles. The first kappa shape index (κ1) is 20.6. The molecule has 0 atom stereocenters. The Kier molecular flexibility index (Phi) is 5.48. The third-order valence-electron chi connectivity index (χ3n) is 4.76. The molecule has 0 spiro atoms. The highest BCUT2D eigenvalue weighted by molar-refractivity contribution is 6.32. The van der Waals surface area contributed by atoms with Crippen molar-refractivity contribution in [3.05, 3.63) is 93.5 Å². The van der Waals surface area contributed by atoms with Crippen LogP contribution in [0.15, 0.2) is 60.4 Å². The Morgan fingerprint density at radius 2 is 1.90 bits per heavy atom. The summed E-state index contributed by atoms with van der Waals surface area (Å²) in [4.78, 5) is 25.4. The zero-order chi connectivity index (χ0) is 22.1. The summed E-state index contributed by atoms with van der Waals surface area (Å²) in [7, 11) is 1.46. The molecule has 5 nitrogen and oxygen atoms in total. The van der Waals surface area contributed by atoms with Crippen LogP contribution >= 0.6 is 11.6 Å². The van der Waals surface area contributed by atoms with Gasteiger partial charge in [-0.1, -0.05) is 29.8 Å². The van der Waals surface area contributed by atoms with Gasteiger partial charge in [0.25, 0.3) is 0 Å². The van der Waals surface area contributed by atoms with Crippen LogP contribution < -0.4 is 14.2 Å². The number of benzene rings is 3. The molecule has 7 heteroatoms. The lowest BCUT2D eigenvalue weighted by atomic mass is 10.0. The Hall–Kier alpha value is -3.64. The number of para-hydroxylation sites is 1. The molecule has 0 amide bonds. The number of methoxy groups -OCH3 is 1. The topological polar surface area (TPSA) is 61.8 Å². The van der Waals surface area contributed by atoms with Gasteiger partial charge in [-0.25, -0.2) is 9.18 Å². The molecule has 3 aromatic carbocycles. The van der Waals surface area contributed by atoms with Crippen LogP contribution in [0.1, 0.15) is 31.8 Å². The molecule has 1 aliphatic heterocycles. The number of rotatable bonds is 4. The summed E-state index contributed by atoms with van der Waals surface area (Å²) in [5, 5.41) is 0.156. The molecule has 1 aliphatic rings. The standard InChI is InChI=1S/C24H16ClFO5/c1-13-10-14(30-24(28)15-6-3-4-9-19(15)29-2)11-20-22(13)23(27)21(31-20)12-16-17(25)7-5-8-18(16)26/h3-12H,1-2H3/b21-12-. The van der Waals surface area contributed by atoms with E-state index < -0.39 is 17.6 Å². The van der Waals surface area contributed by atoms with E-state index in [0.717, 1.165) is 0 Å². The van der Waals surface area contributed by atoms with E-state index in [-0.39, 0.29) is 33.4 Å². The first-order chi connectivity index (χ1) is 14.9. The number of ketones is 1. The second-order valence-electron chi connectivity index (χ2n) is 6.78. The summed E-state index contributed by atoms with van der Waals surface area (Å²) >= 11 is 6.04. The molecule has 3 aromatic rings. The van der Waals surface area contributed by atoms with Gasteiger partial charge in [0.15, 0.2) is 5.76 Å². The number of fused-ring (bicyclic) bond motifs is 1. The Labute approximate surface area is 182 Å². The summed E-state index contributed by atoms with van der Waals surface area (Å²) in [5.74, 6) is -0.876. The number of ether oxygens (including phenoxy) is 3. The number of allylic oxidation sites excluding steroid dienone is 1. The lowest BCUT2D eigenvalue weighted by Crippen LogP contribution is -2.10. The second kappa shape index (κ2) is 8.24. The Balaban J connectivity index is 1.65. The zero-order valence-corrected chi connectivity index (χ0v) is 17.3. The highest BCUT2D eigenvalue weighted by atomic mass is 35.5. The molecule has 1 heterocycles. The first-order valence-electron chi connectivity index (χ1n) is 9.27. The number of hydrogen-bond acceptors (Lipinski definition) is 5. The summed E-state index contributed by atoms with van der Waals surface area (Å²) in [6.45, 7) is 1.69. The molecular weight excluding hydrogens is 423 g/mol. The Bertz CT molecular complexity index is 1230. The van der Waals surface area contributed by atoms with Crippen molar-refractivity contribution >= 4 is 29.4 Å². The fourth-order valence-corrected chi connectivity index (χ4v) is 3.51. The quantitative estimate of drug-likeness (QED) is 0.300. The predicted octanol–water partition coefficient (Wildman–Crippen LogP) is 5.63. The van der Waals surface area contributed by atoms with E-state index in [9.17, 15) is 14.0 Å². The van der Waals surface area contributed by atoms with Gasteiger partial charge >= 0.3 is 5.97 Å². The van der Waals surface area contributed by atoms with Gasteiger partial charge < -0.3 is 14.2 Å². The number of esters is 1. The predicted molar refractivity (Wildman–Crippen MR) is 113 cm³/mol. The first-order valence-corrected chi connectivity index (χ1v) is 9.65. The van der Waals surface area contributed by atoms with E-state index in [1.54, 1.807) is 37.3 Å². The molecule has 0 fully saturated rings. The van der Waals surface area contributed by atoms with Crippen LogP contribution in [0.25, 0.3) is 6.08 Å². The van der Waals surface area contributed by atoms with Gasteiger partial charge in [-0.15, -0.1) is 0 Å². The van der Waals surface area contributed by atoms with Crippen molar-refractivity contribution in [2.24, 2.45) is 0 Å². The molecule has 0 aromatic heterocycles. The Morgan fingerprint density at radius 1 is 1.13 bits per heavy atom. The van der Waals surface area contributed by atoms with Crippen molar-refractivity contribution in [2.75, 3.05) is 7.11 Å². The molecule has 0 saturated heterocycles. The SMILES string of the molecule is COc1ccccc1C(=O)Oc1cc(C)c2c(c1)O/C(=C\c1c(F)cccc1Cl)C2=O. The van der Waals surface area contributed by atoms with Crippen molar-refractivity contribution in [3.8, 4) is 17.2 Å². The molecule has 0 aliphatic carbocycles. The average molecular weight is 439 g/mol. The number of carbonyl (C=O) groups is 2. The fraction of sp³-hybridized carbons (Fsp3) is 0.0833. The highest BCUT2D eigenvalue weighted by Crippen LogP contribution is 2.38. The van der Waals surface area contributed by atoms with Crippen molar-refractivity contribution in [2.45, 2.75) is 6.92 Å². The van der Waals surface area contributed by atoms with Crippen LogP contribution in [-0.4, -0.2) is 18.9 Å². The van der Waals surface area contributed by atoms with E-state index in [0.29, 0.717) is 16.9 Å². The number of aryl methyl sites for hydroxylation is 1. The molecule has 31 heavy (non-hydrogen) atoms. The number of halogens is 2. The van der Waals surface area contributed by atoms with Crippen LogP contribution in [0.5, 0.6) is 17.2 Å². The van der Waals surface area contributed by atoms with Gasteiger partial charge in [0.05, 0.1) is 17.7 Å². The molecule has 0 radical (unpaired) electrons. The van der Waals surface area contributed by atoms with E-state index in [2.05, 4.69) is 0 Å². The molecular formula is C24H16ClFO5. The van der Waals surface area contributed by atoms with Crippen LogP contribution in [0.3, 0.4) is 0 Å². The number of carbonyl (C=O) groups excluding carboxylic acids is 2. The third-order valence-corrected chi connectivity index (χ3v) is 5.09. The van der Waals surface area contributed by atoms with Crippen molar-refractivity contribution < 1.29 is 28.2 Å². The van der Waals surface area contributed by atoms with Crippen molar-refractivity contribution in [3.63, 3.8) is 0 Å². The Morgan fingerprint density at radius 3 is 2.65 bits per heavy atom. The van der Waals surface area contributed by atoms with E-state index >= 15 is 0 Å².